The molecule has 0 aromatic carbocycles. The quantitative estimate of drug-likeness (QED) is 0.868. The summed E-state index contributed by atoms with van der Waals surface area (Å²) >= 11 is 11.4. The van der Waals surface area contributed by atoms with E-state index in [9.17, 15) is 4.79 Å². The summed E-state index contributed by atoms with van der Waals surface area (Å²) in [6, 6.07) is 0.827. The highest BCUT2D eigenvalue weighted by Gasteiger charge is 2.36. The number of anilines is 1. The number of hydrogen-bond donors (Lipinski definition) is 2. The first-order valence-corrected chi connectivity index (χ1v) is 5.51. The molecule has 16 heavy (non-hydrogen) atoms. The highest BCUT2D eigenvalue weighted by molar-refractivity contribution is 6.33. The molecule has 0 aliphatic heterocycles. The van der Waals surface area contributed by atoms with Crippen LogP contribution in [-0.4, -0.2) is 27.3 Å². The Morgan fingerprint density at radius 3 is 2.75 bits per heavy atom. The molecular weight excluding hydrogens is 253 g/mol. The predicted octanol–water partition coefficient (Wildman–Crippen LogP) is 2.06. The van der Waals surface area contributed by atoms with Crippen LogP contribution in [0.25, 0.3) is 0 Å². The smallest absolute Gasteiger partial charge is 0.326 e. The number of aromatic nitrogens is 2. The zero-order valence-electron chi connectivity index (χ0n) is 8.15. The molecule has 2 rings (SSSR count). The fraction of sp³-hybridized carbons (Fsp3) is 0.444. The summed E-state index contributed by atoms with van der Waals surface area (Å²) in [6.45, 7) is 0. The lowest BCUT2D eigenvalue weighted by Gasteiger charge is -2.15. The van der Waals surface area contributed by atoms with Gasteiger partial charge in [-0.1, -0.05) is 23.2 Å². The van der Waals surface area contributed by atoms with Gasteiger partial charge in [0.2, 0.25) is 0 Å². The molecule has 0 amide bonds. The molecule has 0 radical (unpaired) electrons. The lowest BCUT2D eigenvalue weighted by Crippen LogP contribution is -2.31. The monoisotopic (exact) mass is 261 g/mol. The molecule has 1 aliphatic carbocycles. The van der Waals surface area contributed by atoms with E-state index in [2.05, 4.69) is 15.5 Å². The van der Waals surface area contributed by atoms with Gasteiger partial charge in [-0.15, -0.1) is 10.2 Å². The van der Waals surface area contributed by atoms with Gasteiger partial charge in [-0.3, -0.25) is 0 Å². The van der Waals surface area contributed by atoms with Gasteiger partial charge in [0.1, 0.15) is 6.04 Å². The Morgan fingerprint density at radius 2 is 2.19 bits per heavy atom. The zero-order chi connectivity index (χ0) is 11.7. The van der Waals surface area contributed by atoms with Crippen LogP contribution >= 0.6 is 23.2 Å². The summed E-state index contributed by atoms with van der Waals surface area (Å²) in [5, 5.41) is 19.3. The van der Waals surface area contributed by atoms with Crippen LogP contribution in [-0.2, 0) is 4.79 Å². The minimum absolute atomic E-state index is 0.122. The minimum atomic E-state index is -0.897. The van der Waals surface area contributed by atoms with Gasteiger partial charge in [0.05, 0.1) is 5.69 Å². The summed E-state index contributed by atoms with van der Waals surface area (Å²) in [4.78, 5) is 11.0. The van der Waals surface area contributed by atoms with Crippen molar-refractivity contribution in [1.82, 2.24) is 10.2 Å². The summed E-state index contributed by atoms with van der Waals surface area (Å²) in [5.41, 5.74) is 0.404. The lowest BCUT2D eigenvalue weighted by atomic mass is 10.2. The highest BCUT2D eigenvalue weighted by Crippen LogP contribution is 2.35. The Balaban J connectivity index is 2.17. The first-order chi connectivity index (χ1) is 7.58. The number of nitrogens with one attached hydrogen (secondary N) is 1. The van der Waals surface area contributed by atoms with Gasteiger partial charge < -0.3 is 10.4 Å². The van der Waals surface area contributed by atoms with Crippen molar-refractivity contribution in [3.05, 3.63) is 16.4 Å². The normalized spacial score (nSPS) is 16.9. The summed E-state index contributed by atoms with van der Waals surface area (Å²) in [5.74, 6) is -0.744. The Bertz CT molecular complexity index is 423. The average molecular weight is 262 g/mol. The third kappa shape index (κ3) is 2.54. The number of carboxylic acid groups (broad SMARTS) is 1. The maximum Gasteiger partial charge on any atom is 0.326 e. The maximum absolute atomic E-state index is 11.0. The molecule has 1 saturated carbocycles. The van der Waals surface area contributed by atoms with E-state index in [1.165, 1.54) is 6.07 Å². The predicted molar refractivity (Wildman–Crippen MR) is 59.8 cm³/mol. The van der Waals surface area contributed by atoms with Crippen molar-refractivity contribution in [1.29, 1.82) is 0 Å². The number of carbonyl (C=O) groups is 1. The SMILES string of the molecule is O=C(O)C(Nc1cc(Cl)nnc1Cl)C1CC1. The second kappa shape index (κ2) is 4.43. The van der Waals surface area contributed by atoms with E-state index in [1.807, 2.05) is 0 Å². The standard InChI is InChI=1S/C9H9Cl2N3O2/c10-6-3-5(8(11)14-13-6)12-7(9(15)16)4-1-2-4/h3-4,7H,1-2H2,(H,12,13)(H,15,16). The van der Waals surface area contributed by atoms with Crippen molar-refractivity contribution < 1.29 is 9.90 Å². The van der Waals surface area contributed by atoms with Crippen LogP contribution in [0, 0.1) is 5.92 Å². The number of nitrogens with zero attached hydrogens (tertiary/aromatic N) is 2. The molecule has 1 unspecified atom stereocenters. The molecule has 7 heteroatoms. The van der Waals surface area contributed by atoms with E-state index in [1.54, 1.807) is 0 Å². The fourth-order valence-corrected chi connectivity index (χ4v) is 1.73. The molecule has 1 aromatic rings. The van der Waals surface area contributed by atoms with E-state index in [0.29, 0.717) is 5.69 Å². The van der Waals surface area contributed by atoms with E-state index >= 15 is 0 Å². The maximum atomic E-state index is 11.0. The van der Waals surface area contributed by atoms with Crippen LogP contribution in [0.1, 0.15) is 12.8 Å². The van der Waals surface area contributed by atoms with Gasteiger partial charge in [-0.05, 0) is 18.8 Å². The number of halogens is 2. The molecule has 5 nitrogen and oxygen atoms in total. The Labute approximate surface area is 102 Å². The highest BCUT2D eigenvalue weighted by atomic mass is 35.5. The van der Waals surface area contributed by atoms with Gasteiger partial charge >= 0.3 is 5.97 Å². The van der Waals surface area contributed by atoms with Gasteiger partial charge in [0.15, 0.2) is 10.3 Å². The van der Waals surface area contributed by atoms with Gasteiger partial charge in [0.25, 0.3) is 0 Å². The van der Waals surface area contributed by atoms with Crippen molar-refractivity contribution in [3.63, 3.8) is 0 Å². The van der Waals surface area contributed by atoms with Crippen molar-refractivity contribution in [3.8, 4) is 0 Å². The lowest BCUT2D eigenvalue weighted by molar-refractivity contribution is -0.138. The van der Waals surface area contributed by atoms with Crippen LogP contribution in [0.15, 0.2) is 6.07 Å². The van der Waals surface area contributed by atoms with E-state index in [0.717, 1.165) is 12.8 Å². The number of hydrogen-bond acceptors (Lipinski definition) is 4. The Morgan fingerprint density at radius 1 is 1.50 bits per heavy atom. The largest absolute Gasteiger partial charge is 0.480 e. The zero-order valence-corrected chi connectivity index (χ0v) is 9.66. The second-order valence-electron chi connectivity index (χ2n) is 3.67. The average Bonchev–Trinajstić information content (AvgIpc) is 3.02. The molecule has 1 aromatic heterocycles. The van der Waals surface area contributed by atoms with Crippen LogP contribution in [0.2, 0.25) is 10.3 Å². The van der Waals surface area contributed by atoms with Gasteiger partial charge in [0, 0.05) is 6.07 Å². The van der Waals surface area contributed by atoms with E-state index in [4.69, 9.17) is 28.3 Å². The van der Waals surface area contributed by atoms with E-state index in [-0.39, 0.29) is 16.2 Å². The molecule has 1 fully saturated rings. The molecule has 1 atom stereocenters. The van der Waals surface area contributed by atoms with Gasteiger partial charge in [-0.2, -0.15) is 0 Å². The molecule has 0 bridgehead atoms. The second-order valence-corrected chi connectivity index (χ2v) is 4.41. The van der Waals surface area contributed by atoms with E-state index < -0.39 is 12.0 Å². The summed E-state index contributed by atoms with van der Waals surface area (Å²) < 4.78 is 0. The van der Waals surface area contributed by atoms with Crippen LogP contribution in [0.5, 0.6) is 0 Å². The van der Waals surface area contributed by atoms with Crippen molar-refractivity contribution in [2.45, 2.75) is 18.9 Å². The Hall–Kier alpha value is -1.07. The molecule has 0 saturated heterocycles. The topological polar surface area (TPSA) is 75.1 Å². The summed E-state index contributed by atoms with van der Waals surface area (Å²) in [7, 11) is 0. The fourth-order valence-electron chi connectivity index (χ4n) is 1.43. The third-order valence-corrected chi connectivity index (χ3v) is 2.85. The number of rotatable bonds is 4. The van der Waals surface area contributed by atoms with Crippen molar-refractivity contribution in [2.24, 2.45) is 5.92 Å². The molecule has 0 spiro atoms. The first kappa shape index (κ1) is 11.4. The molecule has 2 N–H and O–H groups in total. The molecule has 86 valence electrons. The number of carboxylic acids is 1. The van der Waals surface area contributed by atoms with Gasteiger partial charge in [-0.25, -0.2) is 4.79 Å². The molecule has 1 heterocycles. The van der Waals surface area contributed by atoms with Crippen molar-refractivity contribution in [2.75, 3.05) is 5.32 Å². The van der Waals surface area contributed by atoms with Crippen LogP contribution < -0.4 is 5.32 Å². The first-order valence-electron chi connectivity index (χ1n) is 4.76. The van der Waals surface area contributed by atoms with Crippen molar-refractivity contribution >= 4 is 34.9 Å². The van der Waals surface area contributed by atoms with Crippen LogP contribution in [0.4, 0.5) is 5.69 Å². The van der Waals surface area contributed by atoms with Crippen LogP contribution in [0.3, 0.4) is 0 Å². The summed E-state index contributed by atoms with van der Waals surface area (Å²) in [6.07, 6.45) is 1.82. The third-order valence-electron chi connectivity index (χ3n) is 2.39. The Kier molecular flexibility index (Phi) is 3.16. The number of aliphatic carboxylic acids is 1. The molecular formula is C9H9Cl2N3O2. The minimum Gasteiger partial charge on any atom is -0.480 e. The molecule has 1 aliphatic rings.